The number of hydrogen-bond acceptors (Lipinski definition) is 3. The summed E-state index contributed by atoms with van der Waals surface area (Å²) in [5, 5.41) is 4.46. The zero-order chi connectivity index (χ0) is 10.7. The van der Waals surface area contributed by atoms with Crippen molar-refractivity contribution in [1.82, 2.24) is 10.3 Å². The summed E-state index contributed by atoms with van der Waals surface area (Å²) in [4.78, 5) is 6.09. The van der Waals surface area contributed by atoms with Crippen LogP contribution in [0.5, 0.6) is 0 Å². The van der Waals surface area contributed by atoms with Gasteiger partial charge in [-0.15, -0.1) is 11.3 Å². The maximum Gasteiger partial charge on any atom is 0.110 e. The molecule has 0 bridgehead atoms. The number of thiazole rings is 1. The van der Waals surface area contributed by atoms with Crippen LogP contribution in [0.2, 0.25) is 0 Å². The van der Waals surface area contributed by atoms with E-state index < -0.39 is 0 Å². The fourth-order valence-electron chi connectivity index (χ4n) is 1.87. The number of alkyl halides is 1. The van der Waals surface area contributed by atoms with Crippen molar-refractivity contribution in [1.29, 1.82) is 0 Å². The van der Waals surface area contributed by atoms with Gasteiger partial charge in [0, 0.05) is 4.88 Å². The molecule has 2 rings (SSSR count). The van der Waals surface area contributed by atoms with Crippen LogP contribution in [0.25, 0.3) is 0 Å². The first kappa shape index (κ1) is 11.0. The number of fused-ring (bicyclic) bond motifs is 1. The Bertz CT molecular complexity index is 303. The number of hydrogen-bond donors (Lipinski definition) is 1. The highest BCUT2D eigenvalue weighted by atomic mass is 32.1. The monoisotopic (exact) mass is 228 g/mol. The molecular formula is C11H17FN2S. The fraction of sp³-hybridized carbons (Fsp3) is 0.727. The van der Waals surface area contributed by atoms with Crippen LogP contribution in [0, 0.1) is 0 Å². The van der Waals surface area contributed by atoms with Gasteiger partial charge in [0.2, 0.25) is 0 Å². The van der Waals surface area contributed by atoms with Crippen molar-refractivity contribution in [3.8, 4) is 0 Å². The number of rotatable bonds is 5. The van der Waals surface area contributed by atoms with Gasteiger partial charge in [-0.2, -0.15) is 0 Å². The SMILES string of the molecule is CC(NCCCF)c1nc2c(s1)CCC2. The lowest BCUT2D eigenvalue weighted by Crippen LogP contribution is -2.20. The zero-order valence-electron chi connectivity index (χ0n) is 9.05. The minimum atomic E-state index is -0.242. The standard InChI is InChI=1S/C11H17FN2S/c1-8(13-7-3-6-12)11-14-9-4-2-5-10(9)15-11/h8,13H,2-7H2,1H3. The summed E-state index contributed by atoms with van der Waals surface area (Å²) in [6.45, 7) is 2.60. The lowest BCUT2D eigenvalue weighted by atomic mass is 10.3. The molecule has 0 aromatic carbocycles. The molecule has 1 N–H and O–H groups in total. The molecular weight excluding hydrogens is 211 g/mol. The highest BCUT2D eigenvalue weighted by Gasteiger charge is 2.19. The molecule has 1 atom stereocenters. The lowest BCUT2D eigenvalue weighted by Gasteiger charge is -2.09. The molecule has 1 aliphatic carbocycles. The first-order chi connectivity index (χ1) is 7.31. The largest absolute Gasteiger partial charge is 0.308 e. The first-order valence-corrected chi connectivity index (χ1v) is 6.40. The van der Waals surface area contributed by atoms with Crippen molar-refractivity contribution >= 4 is 11.3 Å². The number of aromatic nitrogens is 1. The maximum absolute atomic E-state index is 11.9. The Morgan fingerprint density at radius 2 is 2.40 bits per heavy atom. The molecule has 2 nitrogen and oxygen atoms in total. The third-order valence-electron chi connectivity index (χ3n) is 2.74. The van der Waals surface area contributed by atoms with Crippen LogP contribution in [0.4, 0.5) is 4.39 Å². The predicted molar refractivity (Wildman–Crippen MR) is 61.1 cm³/mol. The van der Waals surface area contributed by atoms with Gasteiger partial charge in [-0.3, -0.25) is 4.39 Å². The lowest BCUT2D eigenvalue weighted by molar-refractivity contribution is 0.445. The Hall–Kier alpha value is -0.480. The number of nitrogens with one attached hydrogen (secondary N) is 1. The van der Waals surface area contributed by atoms with Crippen molar-refractivity contribution in [2.75, 3.05) is 13.2 Å². The Labute approximate surface area is 93.9 Å². The van der Waals surface area contributed by atoms with Gasteiger partial charge in [-0.1, -0.05) is 0 Å². The zero-order valence-corrected chi connectivity index (χ0v) is 9.87. The highest BCUT2D eigenvalue weighted by Crippen LogP contribution is 2.30. The topological polar surface area (TPSA) is 24.9 Å². The van der Waals surface area contributed by atoms with E-state index in [2.05, 4.69) is 17.2 Å². The minimum Gasteiger partial charge on any atom is -0.308 e. The Morgan fingerprint density at radius 3 is 3.13 bits per heavy atom. The summed E-state index contributed by atoms with van der Waals surface area (Å²) in [6, 6.07) is 0.271. The van der Waals surface area contributed by atoms with Gasteiger partial charge in [0.15, 0.2) is 0 Å². The van der Waals surface area contributed by atoms with E-state index >= 15 is 0 Å². The van der Waals surface area contributed by atoms with Gasteiger partial charge in [-0.25, -0.2) is 4.98 Å². The first-order valence-electron chi connectivity index (χ1n) is 5.59. The molecule has 0 amide bonds. The quantitative estimate of drug-likeness (QED) is 0.784. The van der Waals surface area contributed by atoms with E-state index in [0.717, 1.165) is 13.0 Å². The van der Waals surface area contributed by atoms with Gasteiger partial charge in [0.25, 0.3) is 0 Å². The van der Waals surface area contributed by atoms with Crippen molar-refractivity contribution in [3.05, 3.63) is 15.6 Å². The van der Waals surface area contributed by atoms with Crippen LogP contribution in [-0.4, -0.2) is 18.2 Å². The van der Waals surface area contributed by atoms with E-state index in [9.17, 15) is 4.39 Å². The van der Waals surface area contributed by atoms with E-state index in [-0.39, 0.29) is 12.7 Å². The van der Waals surface area contributed by atoms with E-state index in [1.54, 1.807) is 0 Å². The van der Waals surface area contributed by atoms with Crippen LogP contribution >= 0.6 is 11.3 Å². The normalized spacial score (nSPS) is 16.7. The van der Waals surface area contributed by atoms with Gasteiger partial charge < -0.3 is 5.32 Å². The Balaban J connectivity index is 1.91. The molecule has 0 saturated carbocycles. The molecule has 84 valence electrons. The average Bonchev–Trinajstić information content (AvgIpc) is 2.76. The van der Waals surface area contributed by atoms with E-state index in [1.165, 1.54) is 28.4 Å². The molecule has 0 saturated heterocycles. The van der Waals surface area contributed by atoms with Crippen LogP contribution in [0.3, 0.4) is 0 Å². The summed E-state index contributed by atoms with van der Waals surface area (Å²) < 4.78 is 11.9. The number of nitrogens with zero attached hydrogens (tertiary/aromatic N) is 1. The van der Waals surface area contributed by atoms with E-state index in [4.69, 9.17) is 0 Å². The van der Waals surface area contributed by atoms with Crippen molar-refractivity contribution in [3.63, 3.8) is 0 Å². The molecule has 0 spiro atoms. The van der Waals surface area contributed by atoms with Crippen molar-refractivity contribution in [2.45, 2.75) is 38.6 Å². The molecule has 1 aromatic heterocycles. The highest BCUT2D eigenvalue weighted by molar-refractivity contribution is 7.11. The van der Waals surface area contributed by atoms with Crippen LogP contribution < -0.4 is 5.32 Å². The second-order valence-electron chi connectivity index (χ2n) is 3.99. The number of halogens is 1. The fourth-order valence-corrected chi connectivity index (χ4v) is 3.05. The van der Waals surface area contributed by atoms with E-state index in [1.807, 2.05) is 11.3 Å². The molecule has 0 fully saturated rings. The average molecular weight is 228 g/mol. The van der Waals surface area contributed by atoms with Crippen LogP contribution in [0.15, 0.2) is 0 Å². The van der Waals surface area contributed by atoms with E-state index in [0.29, 0.717) is 6.42 Å². The van der Waals surface area contributed by atoms with Gasteiger partial charge >= 0.3 is 0 Å². The summed E-state index contributed by atoms with van der Waals surface area (Å²) in [7, 11) is 0. The summed E-state index contributed by atoms with van der Waals surface area (Å²) >= 11 is 1.82. The molecule has 1 aromatic rings. The van der Waals surface area contributed by atoms with Gasteiger partial charge in [0.1, 0.15) is 5.01 Å². The summed E-state index contributed by atoms with van der Waals surface area (Å²) in [6.07, 6.45) is 4.20. The second-order valence-corrected chi connectivity index (χ2v) is 5.11. The molecule has 15 heavy (non-hydrogen) atoms. The Kier molecular flexibility index (Phi) is 3.70. The Morgan fingerprint density at radius 1 is 1.53 bits per heavy atom. The number of aryl methyl sites for hydroxylation is 2. The van der Waals surface area contributed by atoms with Gasteiger partial charge in [-0.05, 0) is 39.2 Å². The maximum atomic E-state index is 11.9. The second kappa shape index (κ2) is 5.03. The molecule has 1 heterocycles. The molecule has 4 heteroatoms. The molecule has 0 radical (unpaired) electrons. The predicted octanol–water partition coefficient (Wildman–Crippen LogP) is 2.64. The van der Waals surface area contributed by atoms with Gasteiger partial charge in [0.05, 0.1) is 18.4 Å². The smallest absolute Gasteiger partial charge is 0.110 e. The molecule has 1 aliphatic rings. The van der Waals surface area contributed by atoms with Crippen molar-refractivity contribution in [2.24, 2.45) is 0 Å². The summed E-state index contributed by atoms with van der Waals surface area (Å²) in [5.74, 6) is 0. The van der Waals surface area contributed by atoms with Crippen molar-refractivity contribution < 1.29 is 4.39 Å². The summed E-state index contributed by atoms with van der Waals surface area (Å²) in [5.41, 5.74) is 1.30. The molecule has 1 unspecified atom stereocenters. The van der Waals surface area contributed by atoms with Crippen LogP contribution in [-0.2, 0) is 12.8 Å². The van der Waals surface area contributed by atoms with Crippen LogP contribution in [0.1, 0.15) is 41.4 Å². The minimum absolute atomic E-state index is 0.242. The third kappa shape index (κ3) is 2.55. The third-order valence-corrected chi connectivity index (χ3v) is 4.08. The molecule has 0 aliphatic heterocycles.